The molecule has 2 aliphatic heterocycles. The predicted molar refractivity (Wildman–Crippen MR) is 179 cm³/mol. The number of allylic oxidation sites excluding steroid dienone is 10. The molecule has 2 aromatic rings. The molecule has 2 heterocycles. The molecular weight excluding hydrogens is 552 g/mol. The number of rotatable bonds is 4. The maximum absolute atomic E-state index is 5.86. The van der Waals surface area contributed by atoms with Crippen LogP contribution in [0.25, 0.3) is 0 Å². The van der Waals surface area contributed by atoms with E-state index in [9.17, 15) is 0 Å². The van der Waals surface area contributed by atoms with Crippen molar-refractivity contribution in [2.75, 3.05) is 19.0 Å². The first-order valence-electron chi connectivity index (χ1n) is 15.2. The normalized spacial score (nSPS) is 24.6. The fourth-order valence-electron chi connectivity index (χ4n) is 7.76. The summed E-state index contributed by atoms with van der Waals surface area (Å²) in [5.74, 6) is 0.459. The van der Waals surface area contributed by atoms with Gasteiger partial charge in [0.25, 0.3) is 0 Å². The van der Waals surface area contributed by atoms with Crippen LogP contribution in [0, 0.1) is 5.92 Å². The van der Waals surface area contributed by atoms with E-state index in [2.05, 4.69) is 136 Å². The van der Waals surface area contributed by atoms with Crippen LogP contribution in [0.3, 0.4) is 0 Å². The average Bonchev–Trinajstić information content (AvgIpc) is 3.29. The van der Waals surface area contributed by atoms with Gasteiger partial charge < -0.3 is 17.3 Å². The van der Waals surface area contributed by atoms with Gasteiger partial charge in [-0.15, -0.1) is 0 Å². The van der Waals surface area contributed by atoms with Gasteiger partial charge in [0.1, 0.15) is 7.05 Å². The molecule has 0 radical (unpaired) electrons. The third kappa shape index (κ3) is 5.09. The molecule has 218 valence electrons. The number of hydrogen-bond acceptors (Lipinski definition) is 2. The number of thiocarbonyl (C=S) groups is 1. The van der Waals surface area contributed by atoms with Crippen molar-refractivity contribution in [2.24, 2.45) is 5.92 Å². The molecule has 1 fully saturated rings. The summed E-state index contributed by atoms with van der Waals surface area (Å²) < 4.78 is 2.46. The van der Waals surface area contributed by atoms with E-state index in [-0.39, 0.29) is 23.2 Å². The number of fused-ring (bicyclic) bond motifs is 2. The van der Waals surface area contributed by atoms with Crippen molar-refractivity contribution in [3.05, 3.63) is 119 Å². The van der Waals surface area contributed by atoms with Gasteiger partial charge >= 0.3 is 0 Å². The highest BCUT2D eigenvalue weighted by atomic mass is 35.5. The summed E-state index contributed by atoms with van der Waals surface area (Å²) in [6.45, 7) is 9.49. The first kappa shape index (κ1) is 30.4. The van der Waals surface area contributed by atoms with Crippen LogP contribution in [-0.4, -0.2) is 29.2 Å². The second-order valence-electron chi connectivity index (χ2n) is 13.2. The summed E-state index contributed by atoms with van der Waals surface area (Å²) in [6.07, 6.45) is 19.4. The number of likely N-dealkylation sites (N-methyl/N-ethyl adjacent to an activating group) is 1. The number of para-hydroxylation sites is 2. The Bertz CT molecular complexity index is 1610. The lowest BCUT2D eigenvalue weighted by molar-refractivity contribution is -0.402. The van der Waals surface area contributed by atoms with Crippen LogP contribution in [-0.2, 0) is 10.8 Å². The Morgan fingerprint density at radius 2 is 1.69 bits per heavy atom. The fraction of sp³-hybridized carbons (Fsp3) is 0.368. The lowest BCUT2D eigenvalue weighted by Gasteiger charge is -2.30. The van der Waals surface area contributed by atoms with Crippen molar-refractivity contribution in [2.45, 2.75) is 70.6 Å². The molecule has 4 heteroatoms. The molecule has 2 nitrogen and oxygen atoms in total. The molecule has 1 atom stereocenters. The average molecular weight is 595 g/mol. The summed E-state index contributed by atoms with van der Waals surface area (Å²) in [6, 6.07) is 17.7. The second kappa shape index (κ2) is 11.6. The zero-order chi connectivity index (χ0) is 28.9. The molecule has 42 heavy (non-hydrogen) atoms. The first-order chi connectivity index (χ1) is 19.6. The van der Waals surface area contributed by atoms with Crippen molar-refractivity contribution in [3.8, 4) is 0 Å². The van der Waals surface area contributed by atoms with Gasteiger partial charge in [-0.1, -0.05) is 92.3 Å². The Balaban J connectivity index is 0.00000353. The van der Waals surface area contributed by atoms with E-state index in [0.717, 1.165) is 17.7 Å². The quantitative estimate of drug-likeness (QED) is 0.302. The van der Waals surface area contributed by atoms with Gasteiger partial charge in [0.15, 0.2) is 5.71 Å². The van der Waals surface area contributed by atoms with Crippen LogP contribution in [0.15, 0.2) is 107 Å². The number of hydrogen-bond donors (Lipinski definition) is 0. The van der Waals surface area contributed by atoms with Gasteiger partial charge in [0, 0.05) is 52.3 Å². The van der Waals surface area contributed by atoms with Crippen LogP contribution >= 0.6 is 12.2 Å². The van der Waals surface area contributed by atoms with E-state index in [4.69, 9.17) is 12.2 Å². The highest BCUT2D eigenvalue weighted by Crippen LogP contribution is 2.48. The molecule has 4 aliphatic rings. The van der Waals surface area contributed by atoms with Gasteiger partial charge in [0.05, 0.1) is 5.41 Å². The summed E-state index contributed by atoms with van der Waals surface area (Å²) in [7, 11) is 4.47. The summed E-state index contributed by atoms with van der Waals surface area (Å²) in [4.78, 5) is 3.43. The zero-order valence-corrected chi connectivity index (χ0v) is 27.4. The molecule has 0 aromatic heterocycles. The fourth-order valence-corrected chi connectivity index (χ4v) is 7.98. The monoisotopic (exact) mass is 594 g/mol. The minimum Gasteiger partial charge on any atom is -1.00 e. The van der Waals surface area contributed by atoms with Gasteiger partial charge in [-0.25, -0.2) is 0 Å². The van der Waals surface area contributed by atoms with E-state index in [1.54, 1.807) is 5.57 Å². The van der Waals surface area contributed by atoms with E-state index in [1.807, 2.05) is 0 Å². The maximum Gasteiger partial charge on any atom is 0.209 e. The molecule has 0 amide bonds. The van der Waals surface area contributed by atoms with Crippen LogP contribution in [0.2, 0.25) is 0 Å². The van der Waals surface area contributed by atoms with Gasteiger partial charge in [-0.05, 0) is 74.8 Å². The Hall–Kier alpha value is -3.01. The van der Waals surface area contributed by atoms with Crippen LogP contribution in [0.1, 0.15) is 70.9 Å². The molecule has 0 saturated heterocycles. The second-order valence-corrected chi connectivity index (χ2v) is 13.7. The molecule has 1 saturated carbocycles. The topological polar surface area (TPSA) is 6.25 Å². The van der Waals surface area contributed by atoms with Gasteiger partial charge in [-0.2, -0.15) is 4.58 Å². The Morgan fingerprint density at radius 1 is 0.976 bits per heavy atom. The molecule has 0 N–H and O–H groups in total. The Kier molecular flexibility index (Phi) is 8.40. The highest BCUT2D eigenvalue weighted by molar-refractivity contribution is 7.80. The minimum atomic E-state index is -0.0739. The van der Waals surface area contributed by atoms with Crippen molar-refractivity contribution in [1.82, 2.24) is 0 Å². The SMILES string of the molecule is CN1C(=CC=C2CCCC(C(=CC3=CC=CCC3=S)C3=[N+](C)c4ccccc4C3(C)C)C2)C(C)(C)c2ccccc21.[Cl-]. The van der Waals surface area contributed by atoms with Crippen molar-refractivity contribution >= 4 is 34.2 Å². The maximum atomic E-state index is 5.86. The standard InChI is InChI=1S/C38H43N2S.ClH/c1-37(2)30-17-8-10-19-32(30)39(5)35(37)23-22-26-14-13-16-27(24-26)29(25-28-15-7-12-21-34(28)41)36-38(3,4)31-18-9-11-20-33(31)40(36)6;/h7-12,15,17-20,22-23,25,27H,13-14,16,21,24H2,1-6H3;1H/q+1;/p-1. The van der Waals surface area contributed by atoms with Crippen molar-refractivity contribution < 1.29 is 17.0 Å². The third-order valence-corrected chi connectivity index (χ3v) is 10.3. The van der Waals surface area contributed by atoms with Crippen molar-refractivity contribution in [3.63, 3.8) is 0 Å². The van der Waals surface area contributed by atoms with E-state index in [1.165, 1.54) is 64.3 Å². The number of nitrogens with zero attached hydrogens (tertiary/aromatic N) is 2. The Morgan fingerprint density at radius 3 is 2.40 bits per heavy atom. The largest absolute Gasteiger partial charge is 1.00 e. The zero-order valence-electron chi connectivity index (χ0n) is 25.9. The number of halogens is 1. The third-order valence-electron chi connectivity index (χ3n) is 9.90. The lowest BCUT2D eigenvalue weighted by Crippen LogP contribution is -3.00. The molecular formula is C38H43ClN2S. The van der Waals surface area contributed by atoms with Crippen molar-refractivity contribution in [1.29, 1.82) is 0 Å². The van der Waals surface area contributed by atoms with Crippen LogP contribution in [0.4, 0.5) is 11.4 Å². The summed E-state index contributed by atoms with van der Waals surface area (Å²) in [5, 5.41) is 0. The summed E-state index contributed by atoms with van der Waals surface area (Å²) in [5.41, 5.74) is 12.4. The highest BCUT2D eigenvalue weighted by Gasteiger charge is 2.47. The lowest BCUT2D eigenvalue weighted by atomic mass is 9.71. The van der Waals surface area contributed by atoms with Crippen LogP contribution < -0.4 is 17.3 Å². The molecule has 1 unspecified atom stereocenters. The van der Waals surface area contributed by atoms with Gasteiger partial charge in [-0.3, -0.25) is 0 Å². The molecule has 6 rings (SSSR count). The van der Waals surface area contributed by atoms with Crippen LogP contribution in [0.5, 0.6) is 0 Å². The summed E-state index contributed by atoms with van der Waals surface area (Å²) >= 11 is 5.86. The number of benzene rings is 2. The van der Waals surface area contributed by atoms with E-state index < -0.39 is 0 Å². The Labute approximate surface area is 264 Å². The van der Waals surface area contributed by atoms with E-state index in [0.29, 0.717) is 5.92 Å². The van der Waals surface area contributed by atoms with E-state index >= 15 is 0 Å². The first-order valence-corrected chi connectivity index (χ1v) is 15.6. The molecule has 0 bridgehead atoms. The predicted octanol–water partition coefficient (Wildman–Crippen LogP) is 6.31. The molecule has 2 aliphatic carbocycles. The number of anilines is 1. The minimum absolute atomic E-state index is 0. The molecule has 0 spiro atoms. The molecule has 2 aromatic carbocycles. The smallest absolute Gasteiger partial charge is 0.209 e. The van der Waals surface area contributed by atoms with Gasteiger partial charge in [0.2, 0.25) is 5.69 Å².